The van der Waals surface area contributed by atoms with Gasteiger partial charge in [-0.05, 0) is 18.8 Å². The molecule has 0 atom stereocenters. The topological polar surface area (TPSA) is 0 Å². The van der Waals surface area contributed by atoms with Gasteiger partial charge < -0.3 is 0 Å². The Labute approximate surface area is 47.1 Å². The highest BCUT2D eigenvalue weighted by atomic mass is 79.9. The first-order valence-electron chi connectivity index (χ1n) is 2.43. The maximum atomic E-state index is 3.50. The average Bonchev–Trinajstić information content (AvgIpc) is 1.33. The smallest absolute Gasteiger partial charge is 0.0150 e. The number of hydrogen-bond acceptors (Lipinski definition) is 0. The molecule has 0 N–H and O–H groups in total. The van der Waals surface area contributed by atoms with Crippen LogP contribution in [0.4, 0.5) is 0 Å². The Morgan fingerprint density at radius 1 is 1.50 bits per heavy atom. The highest BCUT2D eigenvalue weighted by molar-refractivity contribution is 9.09. The first kappa shape index (κ1) is 4.63. The summed E-state index contributed by atoms with van der Waals surface area (Å²) in [5, 5.41) is 0. The molecule has 1 fully saturated rings. The van der Waals surface area contributed by atoms with Gasteiger partial charge in [-0.25, -0.2) is 0 Å². The molecule has 0 aromatic rings. The fraction of sp³-hybridized carbons (Fsp3) is 1.00. The van der Waals surface area contributed by atoms with Crippen LogP contribution in [0.2, 0.25) is 0 Å². The van der Waals surface area contributed by atoms with Crippen molar-refractivity contribution in [3.63, 3.8) is 0 Å². The Hall–Kier alpha value is 0.480. The number of alkyl halides is 1. The molecule has 0 spiro atoms. The third-order valence-electron chi connectivity index (χ3n) is 1.32. The standard InChI is InChI=1S/C5H9Br/c1-4-2-5(6)3-4/h4-5H,2-3H2,1H3. The zero-order valence-corrected chi connectivity index (χ0v) is 5.53. The molecule has 0 unspecified atom stereocenters. The van der Waals surface area contributed by atoms with E-state index in [1.165, 1.54) is 12.8 Å². The second kappa shape index (κ2) is 1.53. The molecule has 1 heteroatoms. The van der Waals surface area contributed by atoms with Crippen LogP contribution in [0, 0.1) is 5.92 Å². The number of rotatable bonds is 0. The van der Waals surface area contributed by atoms with E-state index in [-0.39, 0.29) is 0 Å². The summed E-state index contributed by atoms with van der Waals surface area (Å²) in [5.74, 6) is 0.995. The first-order valence-corrected chi connectivity index (χ1v) is 3.34. The van der Waals surface area contributed by atoms with E-state index < -0.39 is 0 Å². The maximum Gasteiger partial charge on any atom is 0.0150 e. The predicted octanol–water partition coefficient (Wildman–Crippen LogP) is 2.18. The van der Waals surface area contributed by atoms with Crippen LogP contribution in [0.3, 0.4) is 0 Å². The predicted molar refractivity (Wildman–Crippen MR) is 31.1 cm³/mol. The molecule has 0 radical (unpaired) electrons. The van der Waals surface area contributed by atoms with E-state index in [1.807, 2.05) is 0 Å². The summed E-state index contributed by atoms with van der Waals surface area (Å²) < 4.78 is 0. The van der Waals surface area contributed by atoms with Gasteiger partial charge in [0.2, 0.25) is 0 Å². The lowest BCUT2D eigenvalue weighted by atomic mass is 9.87. The van der Waals surface area contributed by atoms with Gasteiger partial charge in [0, 0.05) is 4.83 Å². The molecule has 0 aromatic carbocycles. The minimum Gasteiger partial charge on any atom is -0.0890 e. The van der Waals surface area contributed by atoms with Crippen molar-refractivity contribution in [2.24, 2.45) is 5.92 Å². The van der Waals surface area contributed by atoms with Crippen LogP contribution in [-0.4, -0.2) is 4.83 Å². The minimum atomic E-state index is 0.854. The molecule has 0 bridgehead atoms. The lowest BCUT2D eigenvalue weighted by Crippen LogP contribution is -2.19. The Balaban J connectivity index is 2.11. The zero-order chi connectivity index (χ0) is 4.57. The fourth-order valence-electron chi connectivity index (χ4n) is 0.804. The van der Waals surface area contributed by atoms with E-state index in [0.717, 1.165) is 10.7 Å². The van der Waals surface area contributed by atoms with Crippen molar-refractivity contribution < 1.29 is 0 Å². The van der Waals surface area contributed by atoms with Crippen molar-refractivity contribution in [1.82, 2.24) is 0 Å². The van der Waals surface area contributed by atoms with Gasteiger partial charge in [-0.2, -0.15) is 0 Å². The van der Waals surface area contributed by atoms with E-state index in [4.69, 9.17) is 0 Å². The van der Waals surface area contributed by atoms with Gasteiger partial charge in [0.05, 0.1) is 0 Å². The minimum absolute atomic E-state index is 0.854. The monoisotopic (exact) mass is 148 g/mol. The summed E-state index contributed by atoms with van der Waals surface area (Å²) in [5.41, 5.74) is 0. The van der Waals surface area contributed by atoms with E-state index >= 15 is 0 Å². The molecule has 0 saturated heterocycles. The SMILES string of the molecule is CC1CC(Br)C1. The van der Waals surface area contributed by atoms with Gasteiger partial charge >= 0.3 is 0 Å². The van der Waals surface area contributed by atoms with Gasteiger partial charge in [0.25, 0.3) is 0 Å². The molecule has 1 aliphatic carbocycles. The summed E-state index contributed by atoms with van der Waals surface area (Å²) in [6.45, 7) is 2.29. The number of halogens is 1. The zero-order valence-electron chi connectivity index (χ0n) is 3.95. The van der Waals surface area contributed by atoms with Crippen molar-refractivity contribution in [2.45, 2.75) is 24.6 Å². The third kappa shape index (κ3) is 0.754. The van der Waals surface area contributed by atoms with Crippen molar-refractivity contribution in [3.05, 3.63) is 0 Å². The second-order valence-electron chi connectivity index (χ2n) is 2.17. The molecule has 1 aliphatic rings. The molecule has 0 nitrogen and oxygen atoms in total. The normalized spacial score (nSPS) is 45.0. The highest BCUT2D eigenvalue weighted by Gasteiger charge is 2.21. The summed E-state index contributed by atoms with van der Waals surface area (Å²) in [7, 11) is 0. The molecule has 0 aliphatic heterocycles. The van der Waals surface area contributed by atoms with Crippen LogP contribution >= 0.6 is 15.9 Å². The maximum absolute atomic E-state index is 3.50. The van der Waals surface area contributed by atoms with Crippen LogP contribution < -0.4 is 0 Å². The van der Waals surface area contributed by atoms with Crippen molar-refractivity contribution in [2.75, 3.05) is 0 Å². The molecule has 1 saturated carbocycles. The molecule has 0 aromatic heterocycles. The summed E-state index contributed by atoms with van der Waals surface area (Å²) in [6.07, 6.45) is 2.78. The Morgan fingerprint density at radius 2 is 2.00 bits per heavy atom. The lowest BCUT2D eigenvalue weighted by molar-refractivity contribution is 0.366. The molecule has 1 rings (SSSR count). The molecular weight excluding hydrogens is 140 g/mol. The Morgan fingerprint density at radius 3 is 2.00 bits per heavy atom. The molecular formula is C5H9Br. The highest BCUT2D eigenvalue weighted by Crippen LogP contribution is 2.32. The third-order valence-corrected chi connectivity index (χ3v) is 2.06. The quantitative estimate of drug-likeness (QED) is 0.463. The van der Waals surface area contributed by atoms with E-state index in [0.29, 0.717) is 0 Å². The van der Waals surface area contributed by atoms with E-state index in [2.05, 4.69) is 22.9 Å². The van der Waals surface area contributed by atoms with Gasteiger partial charge in [0.1, 0.15) is 0 Å². The van der Waals surface area contributed by atoms with Crippen LogP contribution in [0.1, 0.15) is 19.8 Å². The summed E-state index contributed by atoms with van der Waals surface area (Å²) >= 11 is 3.50. The lowest BCUT2D eigenvalue weighted by Gasteiger charge is -2.26. The van der Waals surface area contributed by atoms with Gasteiger partial charge in [-0.15, -0.1) is 0 Å². The van der Waals surface area contributed by atoms with Crippen molar-refractivity contribution in [1.29, 1.82) is 0 Å². The van der Waals surface area contributed by atoms with Gasteiger partial charge in [-0.3, -0.25) is 0 Å². The van der Waals surface area contributed by atoms with Crippen LogP contribution in [0.15, 0.2) is 0 Å². The first-order chi connectivity index (χ1) is 2.79. The summed E-state index contributed by atoms with van der Waals surface area (Å²) in [4.78, 5) is 0.854. The Bertz CT molecular complexity index is 39.9. The van der Waals surface area contributed by atoms with Crippen molar-refractivity contribution in [3.8, 4) is 0 Å². The molecule has 36 valence electrons. The molecule has 0 amide bonds. The second-order valence-corrected chi connectivity index (χ2v) is 3.47. The van der Waals surface area contributed by atoms with Gasteiger partial charge in [-0.1, -0.05) is 22.9 Å². The molecule has 6 heavy (non-hydrogen) atoms. The van der Waals surface area contributed by atoms with E-state index in [1.54, 1.807) is 0 Å². The van der Waals surface area contributed by atoms with Crippen LogP contribution in [-0.2, 0) is 0 Å². The van der Waals surface area contributed by atoms with E-state index in [9.17, 15) is 0 Å². The fourth-order valence-corrected chi connectivity index (χ4v) is 2.08. The number of hydrogen-bond donors (Lipinski definition) is 0. The van der Waals surface area contributed by atoms with Crippen LogP contribution in [0.25, 0.3) is 0 Å². The Kier molecular flexibility index (Phi) is 1.18. The summed E-state index contributed by atoms with van der Waals surface area (Å²) in [6, 6.07) is 0. The molecule has 0 heterocycles. The average molecular weight is 149 g/mol. The van der Waals surface area contributed by atoms with Crippen LogP contribution in [0.5, 0.6) is 0 Å². The van der Waals surface area contributed by atoms with Crippen molar-refractivity contribution >= 4 is 15.9 Å². The largest absolute Gasteiger partial charge is 0.0890 e. The van der Waals surface area contributed by atoms with Gasteiger partial charge in [0.15, 0.2) is 0 Å².